The van der Waals surface area contributed by atoms with Crippen LogP contribution in [0.4, 0.5) is 5.69 Å². The third-order valence-corrected chi connectivity index (χ3v) is 6.01. The Kier molecular flexibility index (Phi) is 7.73. The number of nitrogens with zero attached hydrogens (tertiary/aromatic N) is 1. The van der Waals surface area contributed by atoms with Gasteiger partial charge in [0.05, 0.1) is 6.04 Å². The summed E-state index contributed by atoms with van der Waals surface area (Å²) >= 11 is 12.5. The van der Waals surface area contributed by atoms with Crippen molar-refractivity contribution in [3.8, 4) is 11.3 Å². The average Bonchev–Trinajstić information content (AvgIpc) is 3.24. The fourth-order valence-electron chi connectivity index (χ4n) is 3.75. The number of benzene rings is 3. The second-order valence-electron chi connectivity index (χ2n) is 8.14. The molecule has 0 spiro atoms. The van der Waals surface area contributed by atoms with Crippen LogP contribution in [0.3, 0.4) is 0 Å². The van der Waals surface area contributed by atoms with Crippen LogP contribution in [0.2, 0.25) is 10.2 Å². The van der Waals surface area contributed by atoms with Crippen molar-refractivity contribution in [3.05, 3.63) is 112 Å². The summed E-state index contributed by atoms with van der Waals surface area (Å²) < 4.78 is 0. The maximum Gasteiger partial charge on any atom is 0.244 e. The predicted octanol–water partition coefficient (Wildman–Crippen LogP) is 5.36. The molecule has 1 atom stereocenters. The first-order chi connectivity index (χ1) is 17.3. The smallest absolute Gasteiger partial charge is 0.244 e. The van der Waals surface area contributed by atoms with Gasteiger partial charge in [0.25, 0.3) is 0 Å². The maximum absolute atomic E-state index is 12.8. The van der Waals surface area contributed by atoms with E-state index in [9.17, 15) is 4.79 Å². The number of aromatic nitrogens is 2. The summed E-state index contributed by atoms with van der Waals surface area (Å²) in [6.45, 7) is 0. The Hall–Kier alpha value is -4.07. The molecule has 0 saturated carbocycles. The number of amidine groups is 1. The first-order valence-corrected chi connectivity index (χ1v) is 11.8. The van der Waals surface area contributed by atoms with Gasteiger partial charge in [-0.25, -0.2) is 4.98 Å². The molecule has 0 aliphatic heterocycles. The molecule has 4 rings (SSSR count). The van der Waals surface area contributed by atoms with Crippen molar-refractivity contribution >= 4 is 46.7 Å². The molecule has 9 heteroatoms. The van der Waals surface area contributed by atoms with Crippen molar-refractivity contribution < 1.29 is 4.79 Å². The molecule has 36 heavy (non-hydrogen) atoms. The Morgan fingerprint density at radius 2 is 1.86 bits per heavy atom. The molecule has 3 aromatic carbocycles. The number of nitrogens with two attached hydrogens (primary N) is 2. The lowest BCUT2D eigenvalue weighted by Gasteiger charge is -2.16. The molecule has 7 nitrogen and oxygen atoms in total. The number of nitrogen functional groups attached to an aromatic ring is 2. The van der Waals surface area contributed by atoms with E-state index >= 15 is 0 Å². The van der Waals surface area contributed by atoms with Crippen LogP contribution in [0.5, 0.6) is 0 Å². The van der Waals surface area contributed by atoms with Gasteiger partial charge in [0.2, 0.25) is 5.91 Å². The molecular weight excluding hydrogens is 495 g/mol. The largest absolute Gasteiger partial charge is 0.398 e. The maximum atomic E-state index is 12.8. The Labute approximate surface area is 218 Å². The Balaban J connectivity index is 1.62. The topological polar surface area (TPSA) is 134 Å². The van der Waals surface area contributed by atoms with Gasteiger partial charge in [-0.05, 0) is 47.9 Å². The zero-order chi connectivity index (χ0) is 25.7. The first kappa shape index (κ1) is 25.0. The lowest BCUT2D eigenvalue weighted by Crippen LogP contribution is -2.29. The second-order valence-corrected chi connectivity index (χ2v) is 8.95. The highest BCUT2D eigenvalue weighted by atomic mass is 35.5. The molecule has 4 aromatic rings. The highest BCUT2D eigenvalue weighted by Gasteiger charge is 2.21. The summed E-state index contributed by atoms with van der Waals surface area (Å²) in [6, 6.07) is 21.6. The molecule has 0 bridgehead atoms. The minimum atomic E-state index is -0.482. The standard InChI is InChI=1S/C27H24Cl2N6O/c28-19-8-4-7-17(13-19)9-12-23(36)33-22(14-16-5-2-1-3-6-16)27-34-24(25(29)35-27)18-10-11-20(26(31)32)21(30)15-18/h1-13,15,22H,14,30H2,(H3,31,32)(H,33,36)(H,34,35)/b12-9+/t22-/m0/s1. The fraction of sp³-hybridized carbons (Fsp3) is 0.0741. The van der Waals surface area contributed by atoms with E-state index in [4.69, 9.17) is 45.1 Å². The minimum Gasteiger partial charge on any atom is -0.398 e. The predicted molar refractivity (Wildman–Crippen MR) is 146 cm³/mol. The number of aromatic amines is 1. The number of H-pyrrole nitrogens is 1. The molecular formula is C27H24Cl2N6O. The van der Waals surface area contributed by atoms with Crippen LogP contribution >= 0.6 is 23.2 Å². The van der Waals surface area contributed by atoms with E-state index in [1.165, 1.54) is 6.08 Å². The summed E-state index contributed by atoms with van der Waals surface area (Å²) in [5, 5.41) is 11.5. The quantitative estimate of drug-likeness (QED) is 0.0927. The number of carbonyl (C=O) groups is 1. The normalized spacial score (nSPS) is 11.9. The molecule has 0 fully saturated rings. The van der Waals surface area contributed by atoms with E-state index in [0.717, 1.165) is 11.1 Å². The summed E-state index contributed by atoms with van der Waals surface area (Å²) in [6.07, 6.45) is 3.64. The van der Waals surface area contributed by atoms with Crippen molar-refractivity contribution in [2.75, 3.05) is 5.73 Å². The van der Waals surface area contributed by atoms with Gasteiger partial charge < -0.3 is 21.8 Å². The van der Waals surface area contributed by atoms with E-state index in [1.807, 2.05) is 42.5 Å². The van der Waals surface area contributed by atoms with Gasteiger partial charge in [0.1, 0.15) is 22.5 Å². The Morgan fingerprint density at radius 3 is 2.56 bits per heavy atom. The number of carbonyl (C=O) groups excluding carboxylic acids is 1. The summed E-state index contributed by atoms with van der Waals surface area (Å²) in [4.78, 5) is 20.6. The Bertz CT molecular complexity index is 1430. The number of amides is 1. The molecule has 0 aliphatic carbocycles. The van der Waals surface area contributed by atoms with Crippen LogP contribution in [-0.2, 0) is 11.2 Å². The first-order valence-electron chi connectivity index (χ1n) is 11.1. The minimum absolute atomic E-state index is 0.121. The van der Waals surface area contributed by atoms with Gasteiger partial charge in [-0.15, -0.1) is 0 Å². The van der Waals surface area contributed by atoms with E-state index in [-0.39, 0.29) is 11.7 Å². The lowest BCUT2D eigenvalue weighted by atomic mass is 10.1. The molecule has 0 saturated heterocycles. The molecule has 1 amide bonds. The van der Waals surface area contributed by atoms with Gasteiger partial charge in [-0.2, -0.15) is 0 Å². The van der Waals surface area contributed by atoms with Gasteiger partial charge in [-0.3, -0.25) is 10.2 Å². The number of rotatable bonds is 8. The molecule has 0 unspecified atom stereocenters. The molecule has 7 N–H and O–H groups in total. The number of imidazole rings is 1. The van der Waals surface area contributed by atoms with Crippen molar-refractivity contribution in [1.29, 1.82) is 5.41 Å². The highest BCUT2D eigenvalue weighted by Crippen LogP contribution is 2.30. The van der Waals surface area contributed by atoms with Crippen LogP contribution in [-0.4, -0.2) is 21.7 Å². The zero-order valence-electron chi connectivity index (χ0n) is 19.1. The molecule has 0 radical (unpaired) electrons. The van der Waals surface area contributed by atoms with Crippen LogP contribution in [0.1, 0.15) is 28.6 Å². The van der Waals surface area contributed by atoms with Crippen LogP contribution in [0, 0.1) is 5.41 Å². The van der Waals surface area contributed by atoms with Gasteiger partial charge in [0, 0.05) is 27.9 Å². The fourth-order valence-corrected chi connectivity index (χ4v) is 4.20. The van der Waals surface area contributed by atoms with Gasteiger partial charge >= 0.3 is 0 Å². The molecule has 1 aromatic heterocycles. The summed E-state index contributed by atoms with van der Waals surface area (Å²) in [5.74, 6) is 0.0851. The number of nitrogens with one attached hydrogen (secondary N) is 3. The molecule has 1 heterocycles. The second kappa shape index (κ2) is 11.1. The SMILES string of the molecule is N=C(N)c1ccc(-c2nc([C@H](Cc3ccccc3)NC(=O)/C=C/c3cccc(Cl)c3)[nH]c2Cl)cc1N. The Morgan fingerprint density at radius 1 is 1.08 bits per heavy atom. The van der Waals surface area contributed by atoms with E-state index in [0.29, 0.717) is 44.9 Å². The van der Waals surface area contributed by atoms with Crippen LogP contribution in [0.25, 0.3) is 17.3 Å². The number of hydrogen-bond acceptors (Lipinski definition) is 4. The van der Waals surface area contributed by atoms with E-state index in [2.05, 4.69) is 10.3 Å². The van der Waals surface area contributed by atoms with Gasteiger partial charge in [-0.1, -0.05) is 71.7 Å². The van der Waals surface area contributed by atoms with Crippen molar-refractivity contribution in [3.63, 3.8) is 0 Å². The summed E-state index contributed by atoms with van der Waals surface area (Å²) in [7, 11) is 0. The third kappa shape index (κ3) is 6.13. The molecule has 0 aliphatic rings. The zero-order valence-corrected chi connectivity index (χ0v) is 20.6. The summed E-state index contributed by atoms with van der Waals surface area (Å²) in [5.41, 5.74) is 15.4. The van der Waals surface area contributed by atoms with Crippen molar-refractivity contribution in [2.45, 2.75) is 12.5 Å². The van der Waals surface area contributed by atoms with Gasteiger partial charge in [0.15, 0.2) is 0 Å². The van der Waals surface area contributed by atoms with Crippen LogP contribution in [0.15, 0.2) is 78.9 Å². The molecule has 182 valence electrons. The lowest BCUT2D eigenvalue weighted by molar-refractivity contribution is -0.117. The van der Waals surface area contributed by atoms with Crippen molar-refractivity contribution in [2.24, 2.45) is 5.73 Å². The average molecular weight is 519 g/mol. The van der Waals surface area contributed by atoms with E-state index in [1.54, 1.807) is 36.4 Å². The third-order valence-electron chi connectivity index (χ3n) is 5.50. The van der Waals surface area contributed by atoms with Crippen molar-refractivity contribution in [1.82, 2.24) is 15.3 Å². The number of halogens is 2. The highest BCUT2D eigenvalue weighted by molar-refractivity contribution is 6.32. The number of anilines is 1. The monoisotopic (exact) mass is 518 g/mol. The van der Waals surface area contributed by atoms with E-state index < -0.39 is 6.04 Å². The number of hydrogen-bond donors (Lipinski definition) is 5. The van der Waals surface area contributed by atoms with Crippen LogP contribution < -0.4 is 16.8 Å².